The molecule has 0 saturated heterocycles. The highest BCUT2D eigenvalue weighted by atomic mass is 31.0. The van der Waals surface area contributed by atoms with Crippen molar-refractivity contribution in [2.45, 2.75) is 6.18 Å². The van der Waals surface area contributed by atoms with E-state index in [1.54, 1.807) is 0 Å². The molecule has 0 spiro atoms. The normalized spacial score (nSPS) is 11.3. The third-order valence-corrected chi connectivity index (χ3v) is 1.59. The van der Waals surface area contributed by atoms with Crippen LogP contribution in [0.4, 0.5) is 13.2 Å². The molecule has 0 fully saturated rings. The van der Waals surface area contributed by atoms with Crippen LogP contribution < -0.4 is 4.52 Å². The van der Waals surface area contributed by atoms with E-state index in [-0.39, 0.29) is 0 Å². The molecule has 0 heterocycles. The van der Waals surface area contributed by atoms with Gasteiger partial charge in [0.25, 0.3) is 0 Å². The van der Waals surface area contributed by atoms with Gasteiger partial charge in [0.1, 0.15) is 5.75 Å². The minimum Gasteiger partial charge on any atom is -0.480 e. The summed E-state index contributed by atoms with van der Waals surface area (Å²) in [7, 11) is 1.96. The van der Waals surface area contributed by atoms with Crippen molar-refractivity contribution in [2.24, 2.45) is 0 Å². The van der Waals surface area contributed by atoms with Gasteiger partial charge < -0.3 is 4.52 Å². The summed E-state index contributed by atoms with van der Waals surface area (Å²) in [4.78, 5) is 0. The predicted octanol–water partition coefficient (Wildman–Crippen LogP) is 2.87. The average Bonchev–Trinajstić information content (AvgIpc) is 2.03. The molecular formula is C7H6F3OP. The molecule has 0 aliphatic rings. The summed E-state index contributed by atoms with van der Waals surface area (Å²) in [5.41, 5.74) is -0.673. The average molecular weight is 194 g/mol. The molecule has 1 atom stereocenters. The number of alkyl halides is 3. The summed E-state index contributed by atoms with van der Waals surface area (Å²) in [5, 5.41) is 0. The second kappa shape index (κ2) is 3.31. The lowest BCUT2D eigenvalue weighted by Crippen LogP contribution is -2.03. The molecule has 0 radical (unpaired) electrons. The maximum atomic E-state index is 12.0. The SMILES string of the molecule is FC(F)(F)c1ccc(OP)cc1. The van der Waals surface area contributed by atoms with E-state index in [1.165, 1.54) is 12.1 Å². The molecule has 12 heavy (non-hydrogen) atoms. The molecule has 0 amide bonds. The minimum absolute atomic E-state index is 0.382. The highest BCUT2D eigenvalue weighted by molar-refractivity contribution is 7.10. The zero-order valence-corrected chi connectivity index (χ0v) is 7.08. The van der Waals surface area contributed by atoms with Gasteiger partial charge in [0.15, 0.2) is 0 Å². The van der Waals surface area contributed by atoms with Crippen molar-refractivity contribution in [2.75, 3.05) is 0 Å². The Bertz CT molecular complexity index is 254. The molecule has 0 aliphatic heterocycles. The van der Waals surface area contributed by atoms with Crippen LogP contribution in [0.1, 0.15) is 5.56 Å². The van der Waals surface area contributed by atoms with Gasteiger partial charge in [-0.05, 0) is 24.3 Å². The van der Waals surface area contributed by atoms with Crippen LogP contribution in [0.2, 0.25) is 0 Å². The largest absolute Gasteiger partial charge is 0.480 e. The quantitative estimate of drug-likeness (QED) is 0.624. The summed E-state index contributed by atoms with van der Waals surface area (Å²) in [6.45, 7) is 0. The molecule has 1 rings (SSSR count). The van der Waals surface area contributed by atoms with Crippen molar-refractivity contribution in [3.8, 4) is 5.75 Å². The first-order chi connectivity index (χ1) is 5.54. The van der Waals surface area contributed by atoms with Gasteiger partial charge in [0.2, 0.25) is 0 Å². The second-order valence-corrected chi connectivity index (χ2v) is 2.38. The Kier molecular flexibility index (Phi) is 2.58. The lowest BCUT2D eigenvalue weighted by molar-refractivity contribution is -0.137. The van der Waals surface area contributed by atoms with Gasteiger partial charge in [-0.2, -0.15) is 13.2 Å². The maximum absolute atomic E-state index is 12.0. The van der Waals surface area contributed by atoms with Gasteiger partial charge in [-0.1, -0.05) is 0 Å². The van der Waals surface area contributed by atoms with E-state index < -0.39 is 11.7 Å². The molecule has 0 aromatic heterocycles. The second-order valence-electron chi connectivity index (χ2n) is 2.14. The van der Waals surface area contributed by atoms with Gasteiger partial charge in [0.05, 0.1) is 15.0 Å². The van der Waals surface area contributed by atoms with E-state index in [9.17, 15) is 13.2 Å². The molecule has 1 aromatic carbocycles. The van der Waals surface area contributed by atoms with E-state index in [1.807, 2.05) is 9.47 Å². The number of benzene rings is 1. The first-order valence-corrected chi connectivity index (χ1v) is 3.55. The van der Waals surface area contributed by atoms with Crippen LogP contribution in [-0.2, 0) is 6.18 Å². The fraction of sp³-hybridized carbons (Fsp3) is 0.143. The summed E-state index contributed by atoms with van der Waals surface area (Å²) in [6, 6.07) is 4.46. The first-order valence-electron chi connectivity index (χ1n) is 3.08. The van der Waals surface area contributed by atoms with Crippen LogP contribution in [0.3, 0.4) is 0 Å². The standard InChI is InChI=1S/C7H6F3OP/c8-7(9,10)5-1-3-6(11-12)4-2-5/h1-4H,12H2. The lowest BCUT2D eigenvalue weighted by atomic mass is 10.2. The molecule has 0 bridgehead atoms. The smallest absolute Gasteiger partial charge is 0.416 e. The Labute approximate surface area is 69.8 Å². The van der Waals surface area contributed by atoms with Gasteiger partial charge >= 0.3 is 6.18 Å². The van der Waals surface area contributed by atoms with Crippen LogP contribution >= 0.6 is 9.47 Å². The minimum atomic E-state index is -4.28. The van der Waals surface area contributed by atoms with Crippen LogP contribution in [0.25, 0.3) is 0 Å². The molecule has 0 N–H and O–H groups in total. The number of hydrogen-bond acceptors (Lipinski definition) is 1. The van der Waals surface area contributed by atoms with Crippen molar-refractivity contribution in [3.63, 3.8) is 0 Å². The third-order valence-electron chi connectivity index (χ3n) is 1.32. The summed E-state index contributed by atoms with van der Waals surface area (Å²) in [5.74, 6) is 0.382. The fourth-order valence-electron chi connectivity index (χ4n) is 0.722. The van der Waals surface area contributed by atoms with E-state index >= 15 is 0 Å². The Balaban J connectivity index is 2.93. The molecule has 66 valence electrons. The van der Waals surface area contributed by atoms with Crippen molar-refractivity contribution in [3.05, 3.63) is 29.8 Å². The fourth-order valence-corrected chi connectivity index (χ4v) is 0.880. The number of halogens is 3. The molecule has 1 unspecified atom stereocenters. The molecule has 5 heteroatoms. The van der Waals surface area contributed by atoms with Gasteiger partial charge in [-0.3, -0.25) is 0 Å². The van der Waals surface area contributed by atoms with Gasteiger partial charge in [0, 0.05) is 0 Å². The highest BCUT2D eigenvalue weighted by Gasteiger charge is 2.29. The predicted molar refractivity (Wildman–Crippen MR) is 41.8 cm³/mol. The maximum Gasteiger partial charge on any atom is 0.416 e. The van der Waals surface area contributed by atoms with E-state index in [4.69, 9.17) is 0 Å². The molecular weight excluding hydrogens is 188 g/mol. The summed E-state index contributed by atoms with van der Waals surface area (Å²) < 4.78 is 40.6. The Morgan fingerprint density at radius 2 is 1.58 bits per heavy atom. The van der Waals surface area contributed by atoms with Crippen LogP contribution in [0.15, 0.2) is 24.3 Å². The number of hydrogen-bond donors (Lipinski definition) is 0. The zero-order valence-electron chi connectivity index (χ0n) is 5.93. The van der Waals surface area contributed by atoms with Crippen LogP contribution in [0, 0.1) is 0 Å². The highest BCUT2D eigenvalue weighted by Crippen LogP contribution is 2.30. The first kappa shape index (κ1) is 9.33. The Hall–Kier alpha value is -0.760. The van der Waals surface area contributed by atoms with E-state index in [0.29, 0.717) is 5.75 Å². The van der Waals surface area contributed by atoms with Crippen molar-refractivity contribution < 1.29 is 17.7 Å². The molecule has 0 saturated carbocycles. The van der Waals surface area contributed by atoms with Crippen molar-refractivity contribution in [1.82, 2.24) is 0 Å². The lowest BCUT2D eigenvalue weighted by Gasteiger charge is -2.06. The van der Waals surface area contributed by atoms with Crippen LogP contribution in [-0.4, -0.2) is 0 Å². The summed E-state index contributed by atoms with van der Waals surface area (Å²) >= 11 is 0. The third kappa shape index (κ3) is 2.11. The molecule has 1 aromatic rings. The Morgan fingerprint density at radius 1 is 1.08 bits per heavy atom. The van der Waals surface area contributed by atoms with E-state index in [0.717, 1.165) is 12.1 Å². The van der Waals surface area contributed by atoms with Crippen molar-refractivity contribution in [1.29, 1.82) is 0 Å². The Morgan fingerprint density at radius 3 is 1.92 bits per heavy atom. The monoisotopic (exact) mass is 194 g/mol. The number of rotatable bonds is 1. The van der Waals surface area contributed by atoms with Crippen LogP contribution in [0.5, 0.6) is 5.75 Å². The van der Waals surface area contributed by atoms with Gasteiger partial charge in [-0.25, -0.2) is 0 Å². The molecule has 1 nitrogen and oxygen atoms in total. The van der Waals surface area contributed by atoms with Gasteiger partial charge in [-0.15, -0.1) is 0 Å². The molecule has 0 aliphatic carbocycles. The summed E-state index contributed by atoms with van der Waals surface area (Å²) in [6.07, 6.45) is -4.28. The van der Waals surface area contributed by atoms with Crippen molar-refractivity contribution >= 4 is 9.47 Å². The topological polar surface area (TPSA) is 9.23 Å². The zero-order chi connectivity index (χ0) is 9.19. The van der Waals surface area contributed by atoms with E-state index in [2.05, 4.69) is 4.52 Å².